The second-order valence-electron chi connectivity index (χ2n) is 5.02. The number of hydrogen-bond donors (Lipinski definition) is 1. The Balaban J connectivity index is 2.33. The molecule has 17 heavy (non-hydrogen) atoms. The molecule has 0 saturated carbocycles. The molecule has 1 aliphatic heterocycles. The normalized spacial score (nSPS) is 26.1. The summed E-state index contributed by atoms with van der Waals surface area (Å²) in [5, 5.41) is 0. The summed E-state index contributed by atoms with van der Waals surface area (Å²) in [7, 11) is -0.852. The third-order valence-corrected chi connectivity index (χ3v) is 4.74. The summed E-state index contributed by atoms with van der Waals surface area (Å²) in [6, 6.07) is 0.591. The summed E-state index contributed by atoms with van der Waals surface area (Å²) >= 11 is 0. The van der Waals surface area contributed by atoms with Crippen molar-refractivity contribution >= 4 is 10.8 Å². The van der Waals surface area contributed by atoms with Gasteiger partial charge < -0.3 is 10.5 Å². The van der Waals surface area contributed by atoms with Gasteiger partial charge >= 0.3 is 0 Å². The highest BCUT2D eigenvalue weighted by Crippen LogP contribution is 2.10. The van der Waals surface area contributed by atoms with Crippen LogP contribution in [0.1, 0.15) is 27.2 Å². The molecule has 0 aromatic heterocycles. The fourth-order valence-corrected chi connectivity index (χ4v) is 3.41. The lowest BCUT2D eigenvalue weighted by atomic mass is 10.2. The summed E-state index contributed by atoms with van der Waals surface area (Å²) in [4.78, 5) is 2.38. The summed E-state index contributed by atoms with van der Waals surface area (Å²) in [6.07, 6.45) is 0.992. The molecule has 1 rings (SSSR count). The Morgan fingerprint density at radius 3 is 2.82 bits per heavy atom. The van der Waals surface area contributed by atoms with Crippen LogP contribution in [0.5, 0.6) is 0 Å². The van der Waals surface area contributed by atoms with Crippen molar-refractivity contribution in [3.05, 3.63) is 0 Å². The van der Waals surface area contributed by atoms with Crippen LogP contribution < -0.4 is 5.73 Å². The molecular formula is C12H26N2O2S. The van der Waals surface area contributed by atoms with E-state index in [4.69, 9.17) is 10.5 Å². The second-order valence-corrected chi connectivity index (χ2v) is 6.57. The maximum atomic E-state index is 11.9. The first kappa shape index (κ1) is 15.1. The van der Waals surface area contributed by atoms with Gasteiger partial charge in [0.25, 0.3) is 0 Å². The lowest BCUT2D eigenvalue weighted by Crippen LogP contribution is -2.48. The van der Waals surface area contributed by atoms with E-state index in [1.165, 1.54) is 0 Å². The fourth-order valence-electron chi connectivity index (χ4n) is 1.94. The third-order valence-electron chi connectivity index (χ3n) is 3.20. The highest BCUT2D eigenvalue weighted by molar-refractivity contribution is 7.85. The SMILES string of the molecule is CCC(N)CS(=O)CC1CN(C(C)C)CCO1. The molecule has 0 radical (unpaired) electrons. The predicted octanol–water partition coefficient (Wildman–Crippen LogP) is 0.582. The minimum Gasteiger partial charge on any atom is -0.375 e. The van der Waals surface area contributed by atoms with Crippen molar-refractivity contribution in [2.45, 2.75) is 45.4 Å². The molecule has 5 heteroatoms. The van der Waals surface area contributed by atoms with Crippen LogP contribution in [0.2, 0.25) is 0 Å². The third kappa shape index (κ3) is 5.46. The van der Waals surface area contributed by atoms with Crippen LogP contribution in [0.25, 0.3) is 0 Å². The van der Waals surface area contributed by atoms with Gasteiger partial charge in [-0.1, -0.05) is 6.92 Å². The van der Waals surface area contributed by atoms with Crippen molar-refractivity contribution in [2.75, 3.05) is 31.2 Å². The highest BCUT2D eigenvalue weighted by Gasteiger charge is 2.24. The number of nitrogens with two attached hydrogens (primary N) is 1. The van der Waals surface area contributed by atoms with E-state index < -0.39 is 10.8 Å². The Bertz CT molecular complexity index is 249. The number of hydrogen-bond acceptors (Lipinski definition) is 4. The van der Waals surface area contributed by atoms with Crippen LogP contribution in [-0.4, -0.2) is 58.5 Å². The zero-order chi connectivity index (χ0) is 12.8. The van der Waals surface area contributed by atoms with Crippen molar-refractivity contribution in [3.8, 4) is 0 Å². The average Bonchev–Trinajstić information content (AvgIpc) is 2.28. The van der Waals surface area contributed by atoms with Crippen LogP contribution in [0.3, 0.4) is 0 Å². The van der Waals surface area contributed by atoms with Crippen molar-refractivity contribution in [2.24, 2.45) is 5.73 Å². The summed E-state index contributed by atoms with van der Waals surface area (Å²) in [6.45, 7) is 9.03. The topological polar surface area (TPSA) is 55.6 Å². The van der Waals surface area contributed by atoms with Gasteiger partial charge in [-0.2, -0.15) is 0 Å². The molecule has 0 aliphatic carbocycles. The Hall–Kier alpha value is 0.0300. The first-order valence-electron chi connectivity index (χ1n) is 6.49. The molecule has 1 saturated heterocycles. The highest BCUT2D eigenvalue weighted by atomic mass is 32.2. The van der Waals surface area contributed by atoms with Gasteiger partial charge in [0.2, 0.25) is 0 Å². The van der Waals surface area contributed by atoms with Gasteiger partial charge in [0.15, 0.2) is 0 Å². The van der Waals surface area contributed by atoms with Crippen molar-refractivity contribution in [1.82, 2.24) is 4.90 Å². The lowest BCUT2D eigenvalue weighted by molar-refractivity contribution is -0.0268. The van der Waals surface area contributed by atoms with Gasteiger partial charge in [-0.25, -0.2) is 0 Å². The maximum absolute atomic E-state index is 11.9. The monoisotopic (exact) mass is 262 g/mol. The molecule has 0 bridgehead atoms. The molecule has 2 N–H and O–H groups in total. The van der Waals surface area contributed by atoms with E-state index in [0.29, 0.717) is 17.5 Å². The minimum atomic E-state index is -0.852. The van der Waals surface area contributed by atoms with Gasteiger partial charge in [-0.05, 0) is 20.3 Å². The molecule has 3 unspecified atom stereocenters. The number of nitrogens with zero attached hydrogens (tertiary/aromatic N) is 1. The molecule has 1 fully saturated rings. The van der Waals surface area contributed by atoms with Gasteiger partial charge in [-0.3, -0.25) is 9.11 Å². The van der Waals surface area contributed by atoms with Crippen LogP contribution >= 0.6 is 0 Å². The molecule has 3 atom stereocenters. The van der Waals surface area contributed by atoms with E-state index in [9.17, 15) is 4.21 Å². The van der Waals surface area contributed by atoms with E-state index >= 15 is 0 Å². The van der Waals surface area contributed by atoms with E-state index in [1.54, 1.807) is 0 Å². The first-order chi connectivity index (χ1) is 8.02. The van der Waals surface area contributed by atoms with Gasteiger partial charge in [0, 0.05) is 41.7 Å². The van der Waals surface area contributed by atoms with E-state index in [2.05, 4.69) is 18.7 Å². The fraction of sp³-hybridized carbons (Fsp3) is 1.00. The molecule has 1 aliphatic rings. The Morgan fingerprint density at radius 1 is 1.53 bits per heavy atom. The summed E-state index contributed by atoms with van der Waals surface area (Å²) < 4.78 is 17.6. The molecule has 102 valence electrons. The molecular weight excluding hydrogens is 236 g/mol. The number of morpholine rings is 1. The van der Waals surface area contributed by atoms with E-state index in [1.807, 2.05) is 6.92 Å². The Kier molecular flexibility index (Phi) is 6.62. The Morgan fingerprint density at radius 2 is 2.24 bits per heavy atom. The zero-order valence-corrected chi connectivity index (χ0v) is 12.0. The van der Waals surface area contributed by atoms with Crippen LogP contribution in [0.15, 0.2) is 0 Å². The van der Waals surface area contributed by atoms with Crippen molar-refractivity contribution in [3.63, 3.8) is 0 Å². The van der Waals surface area contributed by atoms with Crippen LogP contribution in [-0.2, 0) is 15.5 Å². The quantitative estimate of drug-likeness (QED) is 0.761. The zero-order valence-electron chi connectivity index (χ0n) is 11.2. The molecule has 4 nitrogen and oxygen atoms in total. The molecule has 0 spiro atoms. The molecule has 0 aromatic carbocycles. The standard InChI is InChI=1S/C12H26N2O2S/c1-4-11(13)8-17(15)9-12-7-14(10(2)3)5-6-16-12/h10-12H,4-9,13H2,1-3H3. The van der Waals surface area contributed by atoms with Crippen molar-refractivity contribution in [1.29, 1.82) is 0 Å². The average molecular weight is 262 g/mol. The van der Waals surface area contributed by atoms with Crippen molar-refractivity contribution < 1.29 is 8.95 Å². The van der Waals surface area contributed by atoms with Crippen LogP contribution in [0.4, 0.5) is 0 Å². The summed E-state index contributed by atoms with van der Waals surface area (Å²) in [5.41, 5.74) is 5.81. The largest absolute Gasteiger partial charge is 0.375 e. The molecule has 0 aromatic rings. The molecule has 1 heterocycles. The number of ether oxygens (including phenoxy) is 1. The van der Waals surface area contributed by atoms with E-state index in [-0.39, 0.29) is 12.1 Å². The lowest BCUT2D eigenvalue weighted by Gasteiger charge is -2.35. The minimum absolute atomic E-state index is 0.0561. The van der Waals surface area contributed by atoms with Gasteiger partial charge in [0.05, 0.1) is 18.5 Å². The van der Waals surface area contributed by atoms with Gasteiger partial charge in [0.1, 0.15) is 0 Å². The Labute approximate surface area is 107 Å². The smallest absolute Gasteiger partial charge is 0.0817 e. The van der Waals surface area contributed by atoms with E-state index in [0.717, 1.165) is 26.1 Å². The molecule has 0 amide bonds. The van der Waals surface area contributed by atoms with Crippen LogP contribution in [0, 0.1) is 0 Å². The summed E-state index contributed by atoms with van der Waals surface area (Å²) in [5.74, 6) is 1.22. The maximum Gasteiger partial charge on any atom is 0.0817 e. The first-order valence-corrected chi connectivity index (χ1v) is 7.98. The number of rotatable bonds is 6. The van der Waals surface area contributed by atoms with Gasteiger partial charge in [-0.15, -0.1) is 0 Å². The second kappa shape index (κ2) is 7.46. The predicted molar refractivity (Wildman–Crippen MR) is 72.6 cm³/mol.